The average Bonchev–Trinajstić information content (AvgIpc) is 2.44. The van der Waals surface area contributed by atoms with Gasteiger partial charge in [0.2, 0.25) is 0 Å². The van der Waals surface area contributed by atoms with Crippen molar-refractivity contribution in [3.63, 3.8) is 0 Å². The summed E-state index contributed by atoms with van der Waals surface area (Å²) < 4.78 is 0. The van der Waals surface area contributed by atoms with Gasteiger partial charge in [-0.05, 0) is 11.8 Å². The third-order valence-electron chi connectivity index (χ3n) is 3.64. The zero-order chi connectivity index (χ0) is 13.5. The Morgan fingerprint density at radius 1 is 0.765 bits per heavy atom. The second-order valence-corrected chi connectivity index (χ2v) is 4.74. The Labute approximate surface area is 112 Å². The van der Waals surface area contributed by atoms with Crippen molar-refractivity contribution < 1.29 is 0 Å². The maximum atomic E-state index is 2.34. The molecule has 0 atom stereocenters. The van der Waals surface area contributed by atoms with Crippen LogP contribution in [0, 0.1) is 11.8 Å². The first kappa shape index (κ1) is 19.3. The van der Waals surface area contributed by atoms with Crippen LogP contribution in [0.3, 0.4) is 0 Å². The molecule has 0 heterocycles. The molecule has 106 valence electrons. The predicted molar refractivity (Wildman–Crippen MR) is 82.6 cm³/mol. The summed E-state index contributed by atoms with van der Waals surface area (Å²) >= 11 is 0. The lowest BCUT2D eigenvalue weighted by atomic mass is 9.76. The topological polar surface area (TPSA) is 0 Å². The van der Waals surface area contributed by atoms with Crippen LogP contribution in [0.4, 0.5) is 0 Å². The third-order valence-corrected chi connectivity index (χ3v) is 3.64. The molecule has 1 aliphatic rings. The monoisotopic (exact) mass is 242 g/mol. The highest BCUT2D eigenvalue weighted by atomic mass is 14.3. The molecule has 0 radical (unpaired) electrons. The van der Waals surface area contributed by atoms with Crippen molar-refractivity contribution in [2.24, 2.45) is 11.8 Å². The van der Waals surface area contributed by atoms with Gasteiger partial charge < -0.3 is 0 Å². The first-order valence-electron chi connectivity index (χ1n) is 8.38. The summed E-state index contributed by atoms with van der Waals surface area (Å²) in [5.41, 5.74) is 0. The van der Waals surface area contributed by atoms with Crippen LogP contribution >= 0.6 is 0 Å². The number of hydrogen-bond acceptors (Lipinski definition) is 0. The minimum absolute atomic E-state index is 1.07. The lowest BCUT2D eigenvalue weighted by Gasteiger charge is -2.30. The van der Waals surface area contributed by atoms with E-state index in [1.807, 2.05) is 27.7 Å². The van der Waals surface area contributed by atoms with Crippen molar-refractivity contribution in [1.29, 1.82) is 0 Å². The molecular weight excluding hydrogens is 204 g/mol. The fourth-order valence-electron chi connectivity index (χ4n) is 2.96. The average molecular weight is 242 g/mol. The molecule has 0 bridgehead atoms. The maximum absolute atomic E-state index is 2.34. The van der Waals surface area contributed by atoms with Gasteiger partial charge >= 0.3 is 0 Å². The van der Waals surface area contributed by atoms with Gasteiger partial charge in [0.05, 0.1) is 0 Å². The maximum Gasteiger partial charge on any atom is -0.0386 e. The standard InChI is InChI=1S/C13H26.2C2H6/c1-3-8-12(9-4-2)13-10-6-5-7-11-13;2*1-2/h12-13H,3-11H2,1-2H3;2*1-2H3. The lowest BCUT2D eigenvalue weighted by molar-refractivity contribution is 0.222. The van der Waals surface area contributed by atoms with Crippen LogP contribution in [0.25, 0.3) is 0 Å². The Balaban J connectivity index is 0. The highest BCUT2D eigenvalue weighted by Gasteiger charge is 2.21. The molecular formula is C17H38. The molecule has 0 heteroatoms. The normalized spacial score (nSPS) is 15.7. The summed E-state index contributed by atoms with van der Waals surface area (Å²) in [4.78, 5) is 0. The summed E-state index contributed by atoms with van der Waals surface area (Å²) in [5.74, 6) is 2.16. The van der Waals surface area contributed by atoms with Gasteiger partial charge in [-0.15, -0.1) is 0 Å². The van der Waals surface area contributed by atoms with Crippen molar-refractivity contribution in [3.8, 4) is 0 Å². The molecule has 0 aromatic heterocycles. The molecule has 0 aromatic carbocycles. The largest absolute Gasteiger partial charge is 0.0683 e. The van der Waals surface area contributed by atoms with Crippen LogP contribution in [0.5, 0.6) is 0 Å². The first-order valence-corrected chi connectivity index (χ1v) is 8.38. The molecule has 1 fully saturated rings. The molecule has 0 nitrogen and oxygen atoms in total. The molecule has 0 saturated heterocycles. The van der Waals surface area contributed by atoms with Crippen LogP contribution in [0.15, 0.2) is 0 Å². The van der Waals surface area contributed by atoms with Gasteiger partial charge in [-0.1, -0.05) is 99.3 Å². The van der Waals surface area contributed by atoms with Crippen molar-refractivity contribution in [1.82, 2.24) is 0 Å². The van der Waals surface area contributed by atoms with Crippen LogP contribution in [0.2, 0.25) is 0 Å². The minimum atomic E-state index is 1.07. The van der Waals surface area contributed by atoms with Gasteiger partial charge in [0.25, 0.3) is 0 Å². The van der Waals surface area contributed by atoms with Gasteiger partial charge in [0.1, 0.15) is 0 Å². The zero-order valence-electron chi connectivity index (χ0n) is 13.5. The van der Waals surface area contributed by atoms with Crippen molar-refractivity contribution >= 4 is 0 Å². The molecule has 0 amide bonds. The Bertz CT molecular complexity index is 105. The predicted octanol–water partition coefficient (Wildman–Crippen LogP) is 6.84. The summed E-state index contributed by atoms with van der Waals surface area (Å²) in [6, 6.07) is 0. The van der Waals surface area contributed by atoms with Crippen LogP contribution < -0.4 is 0 Å². The molecule has 17 heavy (non-hydrogen) atoms. The SMILES string of the molecule is CC.CC.CCCC(CCC)C1CCCCC1. The molecule has 1 saturated carbocycles. The van der Waals surface area contributed by atoms with E-state index < -0.39 is 0 Å². The van der Waals surface area contributed by atoms with E-state index in [1.165, 1.54) is 57.8 Å². The Kier molecular flexibility index (Phi) is 18.2. The van der Waals surface area contributed by atoms with E-state index in [0.29, 0.717) is 0 Å². The third kappa shape index (κ3) is 9.68. The van der Waals surface area contributed by atoms with Crippen molar-refractivity contribution in [3.05, 3.63) is 0 Å². The van der Waals surface area contributed by atoms with Crippen molar-refractivity contribution in [2.45, 2.75) is 99.3 Å². The first-order chi connectivity index (χ1) is 8.38. The van der Waals surface area contributed by atoms with E-state index >= 15 is 0 Å². The number of hydrogen-bond donors (Lipinski definition) is 0. The van der Waals surface area contributed by atoms with E-state index in [4.69, 9.17) is 0 Å². The van der Waals surface area contributed by atoms with Crippen LogP contribution in [-0.2, 0) is 0 Å². The molecule has 0 spiro atoms. The quantitative estimate of drug-likeness (QED) is 0.495. The van der Waals surface area contributed by atoms with Gasteiger partial charge in [-0.2, -0.15) is 0 Å². The van der Waals surface area contributed by atoms with Gasteiger partial charge in [0, 0.05) is 0 Å². The van der Waals surface area contributed by atoms with E-state index in [0.717, 1.165) is 11.8 Å². The van der Waals surface area contributed by atoms with Crippen LogP contribution in [0.1, 0.15) is 99.3 Å². The Morgan fingerprint density at radius 2 is 1.18 bits per heavy atom. The summed E-state index contributed by atoms with van der Waals surface area (Å²) in [6.07, 6.45) is 13.3. The fourth-order valence-corrected chi connectivity index (χ4v) is 2.96. The summed E-state index contributed by atoms with van der Waals surface area (Å²) in [5, 5.41) is 0. The molecule has 1 rings (SSSR count). The Hall–Kier alpha value is 0. The Morgan fingerprint density at radius 3 is 1.53 bits per heavy atom. The molecule has 0 N–H and O–H groups in total. The molecule has 0 unspecified atom stereocenters. The number of rotatable bonds is 5. The zero-order valence-corrected chi connectivity index (χ0v) is 13.5. The minimum Gasteiger partial charge on any atom is -0.0683 e. The van der Waals surface area contributed by atoms with Gasteiger partial charge in [0.15, 0.2) is 0 Å². The fraction of sp³-hybridized carbons (Fsp3) is 1.00. The van der Waals surface area contributed by atoms with Crippen molar-refractivity contribution in [2.75, 3.05) is 0 Å². The van der Waals surface area contributed by atoms with E-state index in [9.17, 15) is 0 Å². The second kappa shape index (κ2) is 16.0. The highest BCUT2D eigenvalue weighted by molar-refractivity contribution is 4.73. The highest BCUT2D eigenvalue weighted by Crippen LogP contribution is 2.34. The lowest BCUT2D eigenvalue weighted by Crippen LogP contribution is -2.17. The van der Waals surface area contributed by atoms with E-state index in [2.05, 4.69) is 13.8 Å². The second-order valence-electron chi connectivity index (χ2n) is 4.74. The summed E-state index contributed by atoms with van der Waals surface area (Å²) in [7, 11) is 0. The van der Waals surface area contributed by atoms with E-state index in [-0.39, 0.29) is 0 Å². The van der Waals surface area contributed by atoms with E-state index in [1.54, 1.807) is 0 Å². The molecule has 0 aliphatic heterocycles. The smallest absolute Gasteiger partial charge is 0.0386 e. The summed E-state index contributed by atoms with van der Waals surface area (Å²) in [6.45, 7) is 12.7. The van der Waals surface area contributed by atoms with Gasteiger partial charge in [-0.25, -0.2) is 0 Å². The van der Waals surface area contributed by atoms with Gasteiger partial charge in [-0.3, -0.25) is 0 Å². The van der Waals surface area contributed by atoms with Crippen LogP contribution in [-0.4, -0.2) is 0 Å². The molecule has 0 aromatic rings. The molecule has 1 aliphatic carbocycles.